The van der Waals surface area contributed by atoms with Crippen molar-refractivity contribution in [3.8, 4) is 11.4 Å². The third-order valence-corrected chi connectivity index (χ3v) is 5.19. The van der Waals surface area contributed by atoms with Gasteiger partial charge in [0.25, 0.3) is 0 Å². The topological polar surface area (TPSA) is 63.9 Å². The summed E-state index contributed by atoms with van der Waals surface area (Å²) in [6, 6.07) is 3.88. The van der Waals surface area contributed by atoms with Gasteiger partial charge in [-0.2, -0.15) is 0 Å². The highest BCUT2D eigenvalue weighted by Crippen LogP contribution is 2.25. The zero-order valence-corrected chi connectivity index (χ0v) is 15.7. The molecule has 0 atom stereocenters. The first kappa shape index (κ1) is 17.9. The predicted molar refractivity (Wildman–Crippen MR) is 99.2 cm³/mol. The first-order valence-corrected chi connectivity index (χ1v) is 9.88. The van der Waals surface area contributed by atoms with Crippen LogP contribution in [0.25, 0.3) is 11.4 Å². The Labute approximate surface area is 153 Å². The van der Waals surface area contributed by atoms with Gasteiger partial charge in [0.15, 0.2) is 11.0 Å². The molecule has 0 saturated carbocycles. The lowest BCUT2D eigenvalue weighted by atomic mass is 10.1. The van der Waals surface area contributed by atoms with Crippen LogP contribution >= 0.6 is 11.8 Å². The summed E-state index contributed by atoms with van der Waals surface area (Å²) < 4.78 is 2.12. The number of thioether (sulfide) groups is 1. The van der Waals surface area contributed by atoms with Gasteiger partial charge in [0.2, 0.25) is 5.91 Å². The highest BCUT2D eigenvalue weighted by molar-refractivity contribution is 7.99. The molecule has 25 heavy (non-hydrogen) atoms. The van der Waals surface area contributed by atoms with E-state index in [0.29, 0.717) is 11.7 Å². The summed E-state index contributed by atoms with van der Waals surface area (Å²) in [5.74, 6) is 1.93. The fourth-order valence-electron chi connectivity index (χ4n) is 3.00. The second-order valence-electron chi connectivity index (χ2n) is 6.78. The van der Waals surface area contributed by atoms with E-state index >= 15 is 0 Å². The van der Waals surface area contributed by atoms with Crippen molar-refractivity contribution in [2.45, 2.75) is 44.8 Å². The Morgan fingerprint density at radius 3 is 2.56 bits per heavy atom. The summed E-state index contributed by atoms with van der Waals surface area (Å²) >= 11 is 1.49. The zero-order valence-electron chi connectivity index (χ0n) is 14.9. The minimum atomic E-state index is 0.203. The van der Waals surface area contributed by atoms with Crippen LogP contribution in [0.3, 0.4) is 0 Å². The van der Waals surface area contributed by atoms with Gasteiger partial charge in [-0.3, -0.25) is 9.78 Å². The van der Waals surface area contributed by atoms with E-state index in [1.807, 2.05) is 17.0 Å². The van der Waals surface area contributed by atoms with Crippen molar-refractivity contribution in [2.75, 3.05) is 18.8 Å². The van der Waals surface area contributed by atoms with Crippen molar-refractivity contribution < 1.29 is 4.79 Å². The number of hydrogen-bond donors (Lipinski definition) is 0. The van der Waals surface area contributed by atoms with Crippen molar-refractivity contribution in [1.82, 2.24) is 24.6 Å². The van der Waals surface area contributed by atoms with Crippen LogP contribution in [0.1, 0.15) is 33.1 Å². The molecule has 1 aliphatic rings. The Bertz CT molecular complexity index is 695. The molecular weight excluding hydrogens is 334 g/mol. The van der Waals surface area contributed by atoms with E-state index in [1.165, 1.54) is 18.2 Å². The fraction of sp³-hybridized carbons (Fsp3) is 0.556. The highest BCUT2D eigenvalue weighted by atomic mass is 32.2. The molecule has 0 N–H and O–H groups in total. The lowest BCUT2D eigenvalue weighted by Gasteiger charge is -2.26. The van der Waals surface area contributed by atoms with Gasteiger partial charge in [-0.05, 0) is 37.3 Å². The molecule has 2 aromatic heterocycles. The van der Waals surface area contributed by atoms with Crippen LogP contribution in [0.2, 0.25) is 0 Å². The first-order valence-electron chi connectivity index (χ1n) is 8.89. The molecule has 6 nitrogen and oxygen atoms in total. The van der Waals surface area contributed by atoms with Crippen LogP contribution in [0.5, 0.6) is 0 Å². The molecule has 7 heteroatoms. The summed E-state index contributed by atoms with van der Waals surface area (Å²) in [6.45, 7) is 6.94. The predicted octanol–water partition coefficient (Wildman–Crippen LogP) is 3.10. The number of aromatic nitrogens is 4. The van der Waals surface area contributed by atoms with E-state index in [4.69, 9.17) is 0 Å². The van der Waals surface area contributed by atoms with E-state index in [0.717, 1.165) is 49.0 Å². The number of likely N-dealkylation sites (tertiary alicyclic amines) is 1. The van der Waals surface area contributed by atoms with Gasteiger partial charge in [0.1, 0.15) is 0 Å². The van der Waals surface area contributed by atoms with Crippen LogP contribution in [-0.2, 0) is 11.3 Å². The number of carbonyl (C=O) groups is 1. The standard InChI is InChI=1S/C18H25N5OS/c1-14(2)12-23-17(15-6-8-19-9-7-15)20-21-18(23)25-13-16(24)22-10-4-3-5-11-22/h6-9,14H,3-5,10-13H2,1-2H3. The van der Waals surface area contributed by atoms with Crippen LogP contribution in [0.4, 0.5) is 0 Å². The van der Waals surface area contributed by atoms with E-state index in [2.05, 4.69) is 33.6 Å². The quantitative estimate of drug-likeness (QED) is 0.742. The van der Waals surface area contributed by atoms with Crippen LogP contribution in [-0.4, -0.2) is 49.4 Å². The maximum absolute atomic E-state index is 12.4. The smallest absolute Gasteiger partial charge is 0.233 e. The van der Waals surface area contributed by atoms with Crippen molar-refractivity contribution in [1.29, 1.82) is 0 Å². The van der Waals surface area contributed by atoms with Crippen LogP contribution < -0.4 is 0 Å². The van der Waals surface area contributed by atoms with E-state index in [1.54, 1.807) is 12.4 Å². The summed E-state index contributed by atoms with van der Waals surface area (Å²) in [5.41, 5.74) is 0.998. The van der Waals surface area contributed by atoms with Crippen LogP contribution in [0.15, 0.2) is 29.7 Å². The average molecular weight is 359 g/mol. The molecule has 3 heterocycles. The first-order chi connectivity index (χ1) is 12.1. The third kappa shape index (κ3) is 4.60. The number of nitrogens with zero attached hydrogens (tertiary/aromatic N) is 5. The minimum Gasteiger partial charge on any atom is -0.342 e. The van der Waals surface area contributed by atoms with Crippen molar-refractivity contribution in [2.24, 2.45) is 5.92 Å². The molecule has 0 bridgehead atoms. The second kappa shape index (κ2) is 8.47. The molecule has 0 aliphatic carbocycles. The number of pyridine rings is 1. The SMILES string of the molecule is CC(C)Cn1c(SCC(=O)N2CCCCC2)nnc1-c1ccncc1. The maximum Gasteiger partial charge on any atom is 0.233 e. The molecule has 1 aliphatic heterocycles. The molecule has 0 aromatic carbocycles. The van der Waals surface area contributed by atoms with E-state index in [-0.39, 0.29) is 5.91 Å². The zero-order chi connectivity index (χ0) is 17.6. The van der Waals surface area contributed by atoms with Crippen molar-refractivity contribution >= 4 is 17.7 Å². The number of amides is 1. The highest BCUT2D eigenvalue weighted by Gasteiger charge is 2.20. The Morgan fingerprint density at radius 1 is 1.16 bits per heavy atom. The summed E-state index contributed by atoms with van der Waals surface area (Å²) in [6.07, 6.45) is 6.99. The number of rotatable bonds is 6. The Hall–Kier alpha value is -1.89. The van der Waals surface area contributed by atoms with E-state index < -0.39 is 0 Å². The normalized spacial score (nSPS) is 14.9. The number of hydrogen-bond acceptors (Lipinski definition) is 5. The summed E-state index contributed by atoms with van der Waals surface area (Å²) in [5, 5.41) is 9.53. The Balaban J connectivity index is 1.74. The fourth-order valence-corrected chi connectivity index (χ4v) is 3.85. The number of piperidine rings is 1. The average Bonchev–Trinajstić information content (AvgIpc) is 3.03. The molecule has 1 saturated heterocycles. The molecule has 0 spiro atoms. The summed E-state index contributed by atoms with van der Waals surface area (Å²) in [4.78, 5) is 18.5. The monoisotopic (exact) mass is 359 g/mol. The van der Waals surface area contributed by atoms with Gasteiger partial charge in [0.05, 0.1) is 5.75 Å². The third-order valence-electron chi connectivity index (χ3n) is 4.24. The molecule has 1 amide bonds. The second-order valence-corrected chi connectivity index (χ2v) is 7.72. The lowest BCUT2D eigenvalue weighted by Crippen LogP contribution is -2.36. The Kier molecular flexibility index (Phi) is 6.07. The largest absolute Gasteiger partial charge is 0.342 e. The van der Waals surface area contributed by atoms with Crippen LogP contribution in [0, 0.1) is 5.92 Å². The van der Waals surface area contributed by atoms with Gasteiger partial charge >= 0.3 is 0 Å². The molecule has 1 fully saturated rings. The van der Waals surface area contributed by atoms with Gasteiger partial charge in [0, 0.05) is 37.6 Å². The molecule has 134 valence electrons. The maximum atomic E-state index is 12.4. The summed E-state index contributed by atoms with van der Waals surface area (Å²) in [7, 11) is 0. The van der Waals surface area contributed by atoms with Gasteiger partial charge in [-0.25, -0.2) is 0 Å². The number of carbonyl (C=O) groups excluding carboxylic acids is 1. The van der Waals surface area contributed by atoms with Crippen molar-refractivity contribution in [3.05, 3.63) is 24.5 Å². The minimum absolute atomic E-state index is 0.203. The molecule has 0 unspecified atom stereocenters. The molecule has 0 radical (unpaired) electrons. The lowest BCUT2D eigenvalue weighted by molar-refractivity contribution is -0.129. The van der Waals surface area contributed by atoms with Gasteiger partial charge < -0.3 is 9.47 Å². The van der Waals surface area contributed by atoms with Gasteiger partial charge in [-0.15, -0.1) is 10.2 Å². The molecule has 2 aromatic rings. The Morgan fingerprint density at radius 2 is 1.88 bits per heavy atom. The van der Waals surface area contributed by atoms with Gasteiger partial charge in [-0.1, -0.05) is 25.6 Å². The van der Waals surface area contributed by atoms with Crippen molar-refractivity contribution in [3.63, 3.8) is 0 Å². The molecular formula is C18H25N5OS. The van der Waals surface area contributed by atoms with E-state index in [9.17, 15) is 4.79 Å². The molecule has 3 rings (SSSR count).